The van der Waals surface area contributed by atoms with Gasteiger partial charge in [0.2, 0.25) is 0 Å². The molecular formula is C25H19ClINO2. The molecule has 0 spiro atoms. The molecule has 0 radical (unpaired) electrons. The minimum atomic E-state index is -0.0594. The fourth-order valence-electron chi connectivity index (χ4n) is 3.33. The van der Waals surface area contributed by atoms with E-state index in [4.69, 9.17) is 16.3 Å². The maximum Gasteiger partial charge on any atom is 0.262 e. The molecule has 4 rings (SSSR count). The van der Waals surface area contributed by atoms with Gasteiger partial charge in [-0.3, -0.25) is 9.69 Å². The van der Waals surface area contributed by atoms with Crippen LogP contribution in [0.5, 0.6) is 5.75 Å². The molecule has 0 unspecified atom stereocenters. The van der Waals surface area contributed by atoms with Crippen LogP contribution >= 0.6 is 34.2 Å². The van der Waals surface area contributed by atoms with Crippen LogP contribution in [0.1, 0.15) is 18.1 Å². The van der Waals surface area contributed by atoms with Gasteiger partial charge < -0.3 is 4.74 Å². The smallest absolute Gasteiger partial charge is 0.262 e. The fourth-order valence-corrected chi connectivity index (χ4v) is 3.98. The summed E-state index contributed by atoms with van der Waals surface area (Å²) < 4.78 is 6.57. The first-order chi connectivity index (χ1) is 14.5. The Labute approximate surface area is 194 Å². The molecular weight excluding hydrogens is 509 g/mol. The Kier molecular flexibility index (Phi) is 6.25. The number of halogens is 2. The number of nitrogens with zero attached hydrogens (tertiary/aromatic N) is 1. The van der Waals surface area contributed by atoms with Gasteiger partial charge >= 0.3 is 0 Å². The van der Waals surface area contributed by atoms with Gasteiger partial charge in [-0.2, -0.15) is 0 Å². The van der Waals surface area contributed by atoms with Crippen LogP contribution in [0.3, 0.4) is 0 Å². The molecule has 0 atom stereocenters. The van der Waals surface area contributed by atoms with Crippen molar-refractivity contribution in [3.63, 3.8) is 0 Å². The Morgan fingerprint density at radius 3 is 2.43 bits per heavy atom. The lowest BCUT2D eigenvalue weighted by Gasteiger charge is -2.21. The van der Waals surface area contributed by atoms with Gasteiger partial charge in [0, 0.05) is 14.2 Å². The zero-order valence-corrected chi connectivity index (χ0v) is 19.2. The van der Waals surface area contributed by atoms with Gasteiger partial charge in [-0.25, -0.2) is 0 Å². The van der Waals surface area contributed by atoms with E-state index in [1.807, 2.05) is 91.9 Å². The van der Waals surface area contributed by atoms with Crippen LogP contribution in [0.25, 0.3) is 11.8 Å². The van der Waals surface area contributed by atoms with Gasteiger partial charge in [-0.15, -0.1) is 0 Å². The summed E-state index contributed by atoms with van der Waals surface area (Å²) in [6.45, 7) is 2.58. The zero-order valence-electron chi connectivity index (χ0n) is 16.3. The van der Waals surface area contributed by atoms with Crippen molar-refractivity contribution in [3.8, 4) is 5.75 Å². The molecule has 0 aromatic heterocycles. The number of rotatable bonds is 5. The summed E-state index contributed by atoms with van der Waals surface area (Å²) in [6, 6.07) is 23.2. The van der Waals surface area contributed by atoms with Crippen LogP contribution in [-0.2, 0) is 4.79 Å². The molecule has 0 fully saturated rings. The summed E-state index contributed by atoms with van der Waals surface area (Å²) in [6.07, 6.45) is 3.84. The highest BCUT2D eigenvalue weighted by atomic mass is 127. The number of carbonyl (C=O) groups is 1. The summed E-state index contributed by atoms with van der Waals surface area (Å²) in [4.78, 5) is 15.1. The van der Waals surface area contributed by atoms with Crippen molar-refractivity contribution in [2.75, 3.05) is 11.5 Å². The Bertz CT molecular complexity index is 1130. The van der Waals surface area contributed by atoms with Crippen LogP contribution in [0.2, 0.25) is 5.02 Å². The second-order valence-corrected chi connectivity index (χ2v) is 8.44. The Morgan fingerprint density at radius 2 is 1.77 bits per heavy atom. The maximum absolute atomic E-state index is 13.4. The Morgan fingerprint density at radius 1 is 1.03 bits per heavy atom. The van der Waals surface area contributed by atoms with E-state index >= 15 is 0 Å². The molecule has 0 saturated carbocycles. The molecule has 1 heterocycles. The second kappa shape index (κ2) is 9.06. The number of hydrogen-bond donors (Lipinski definition) is 0. The van der Waals surface area contributed by atoms with Gasteiger partial charge in [0.1, 0.15) is 5.75 Å². The van der Waals surface area contributed by atoms with Crippen molar-refractivity contribution in [2.45, 2.75) is 6.92 Å². The number of benzene rings is 3. The average Bonchev–Trinajstić information content (AvgIpc) is 3.06. The number of carbonyl (C=O) groups excluding carboxylic acids is 1. The average molecular weight is 528 g/mol. The normalized spacial score (nSPS) is 14.9. The third kappa shape index (κ3) is 4.45. The van der Waals surface area contributed by atoms with E-state index < -0.39 is 0 Å². The first-order valence-electron chi connectivity index (χ1n) is 9.57. The molecule has 3 aromatic carbocycles. The largest absolute Gasteiger partial charge is 0.494 e. The molecule has 30 heavy (non-hydrogen) atoms. The van der Waals surface area contributed by atoms with Crippen molar-refractivity contribution in [2.24, 2.45) is 0 Å². The summed E-state index contributed by atoms with van der Waals surface area (Å²) in [7, 11) is 0. The number of amides is 1. The van der Waals surface area contributed by atoms with Crippen LogP contribution in [-0.4, -0.2) is 12.5 Å². The van der Waals surface area contributed by atoms with Crippen LogP contribution in [0.4, 0.5) is 5.69 Å². The number of anilines is 1. The fraction of sp³-hybridized carbons (Fsp3) is 0.0800. The highest BCUT2D eigenvalue weighted by molar-refractivity contribution is 14.1. The molecule has 0 saturated heterocycles. The lowest BCUT2D eigenvalue weighted by Crippen LogP contribution is -2.25. The monoisotopic (exact) mass is 527 g/mol. The molecule has 0 bridgehead atoms. The summed E-state index contributed by atoms with van der Waals surface area (Å²) in [5, 5.41) is 0.662. The van der Waals surface area contributed by atoms with Crippen LogP contribution in [0.15, 0.2) is 84.4 Å². The lowest BCUT2D eigenvalue weighted by atomic mass is 10.1. The van der Waals surface area contributed by atoms with Crippen molar-refractivity contribution >= 4 is 57.6 Å². The van der Waals surface area contributed by atoms with E-state index in [0.29, 0.717) is 17.2 Å². The minimum absolute atomic E-state index is 0.0594. The number of ether oxygens (including phenoxy) is 1. The Balaban J connectivity index is 1.76. The van der Waals surface area contributed by atoms with Gasteiger partial charge in [0.05, 0.1) is 18.0 Å². The molecule has 150 valence electrons. The minimum Gasteiger partial charge on any atom is -0.494 e. The van der Waals surface area contributed by atoms with Crippen LogP contribution in [0, 0.1) is 3.57 Å². The van der Waals surface area contributed by atoms with Gasteiger partial charge in [-0.1, -0.05) is 41.9 Å². The molecule has 0 aliphatic carbocycles. The quantitative estimate of drug-likeness (QED) is 0.269. The SMILES string of the molecule is CCOc1ccc(/C=C2\C=C(c3ccc(Cl)cc3)N(c3cccc(I)c3)C2=O)cc1. The highest BCUT2D eigenvalue weighted by Gasteiger charge is 2.30. The molecule has 1 amide bonds. The van der Waals surface area contributed by atoms with Gasteiger partial charge in [-0.05, 0) is 95.3 Å². The Hall–Kier alpha value is -2.57. The molecule has 3 aromatic rings. The molecule has 5 heteroatoms. The van der Waals surface area contributed by atoms with Crippen LogP contribution < -0.4 is 9.64 Å². The van der Waals surface area contributed by atoms with Crippen molar-refractivity contribution < 1.29 is 9.53 Å². The first kappa shape index (κ1) is 20.7. The zero-order chi connectivity index (χ0) is 21.1. The number of hydrogen-bond acceptors (Lipinski definition) is 2. The summed E-state index contributed by atoms with van der Waals surface area (Å²) >= 11 is 8.33. The van der Waals surface area contributed by atoms with Crippen molar-refractivity contribution in [1.82, 2.24) is 0 Å². The molecule has 0 N–H and O–H groups in total. The maximum atomic E-state index is 13.4. The second-order valence-electron chi connectivity index (χ2n) is 6.76. The van der Waals surface area contributed by atoms with E-state index in [1.54, 1.807) is 4.90 Å². The van der Waals surface area contributed by atoms with E-state index in [0.717, 1.165) is 31.8 Å². The first-order valence-corrected chi connectivity index (χ1v) is 11.0. The summed E-state index contributed by atoms with van der Waals surface area (Å²) in [5.41, 5.74) is 4.17. The molecule has 3 nitrogen and oxygen atoms in total. The van der Waals surface area contributed by atoms with Gasteiger partial charge in [0.25, 0.3) is 5.91 Å². The van der Waals surface area contributed by atoms with E-state index in [-0.39, 0.29) is 5.91 Å². The predicted octanol–water partition coefficient (Wildman–Crippen LogP) is 6.81. The van der Waals surface area contributed by atoms with E-state index in [1.165, 1.54) is 0 Å². The van der Waals surface area contributed by atoms with Crippen molar-refractivity contribution in [3.05, 3.63) is 104 Å². The van der Waals surface area contributed by atoms with E-state index in [9.17, 15) is 4.79 Å². The van der Waals surface area contributed by atoms with Gasteiger partial charge in [0.15, 0.2) is 0 Å². The topological polar surface area (TPSA) is 29.5 Å². The lowest BCUT2D eigenvalue weighted by molar-refractivity contribution is -0.113. The van der Waals surface area contributed by atoms with E-state index in [2.05, 4.69) is 22.6 Å². The summed E-state index contributed by atoms with van der Waals surface area (Å²) in [5.74, 6) is 0.756. The third-order valence-corrected chi connectivity index (χ3v) is 5.63. The third-order valence-electron chi connectivity index (χ3n) is 4.70. The standard InChI is InChI=1S/C25H19ClINO2/c1-2-30-23-12-6-17(7-13-23)14-19-15-24(18-8-10-20(26)11-9-18)28(25(19)29)22-5-3-4-21(27)16-22/h3-16H,2H2,1H3/b19-14+. The highest BCUT2D eigenvalue weighted by Crippen LogP contribution is 2.36. The molecule has 1 aliphatic rings. The van der Waals surface area contributed by atoms with Crippen molar-refractivity contribution in [1.29, 1.82) is 0 Å². The predicted molar refractivity (Wildman–Crippen MR) is 132 cm³/mol. The molecule has 1 aliphatic heterocycles.